The Morgan fingerprint density at radius 3 is 2.03 bits per heavy atom. The van der Waals surface area contributed by atoms with Crippen LogP contribution in [0.5, 0.6) is 0 Å². The van der Waals surface area contributed by atoms with Crippen LogP contribution in [0, 0.1) is 5.82 Å². The molecular formula is C25H24FN3O2. The third kappa shape index (κ3) is 5.35. The summed E-state index contributed by atoms with van der Waals surface area (Å²) >= 11 is 0. The molecule has 0 radical (unpaired) electrons. The zero-order valence-electron chi connectivity index (χ0n) is 17.1. The largest absolute Gasteiger partial charge is 0.336 e. The Labute approximate surface area is 181 Å². The molecule has 4 rings (SSSR count). The number of anilines is 1. The fourth-order valence-electron chi connectivity index (χ4n) is 3.66. The van der Waals surface area contributed by atoms with Gasteiger partial charge in [0.2, 0.25) is 5.91 Å². The van der Waals surface area contributed by atoms with Crippen molar-refractivity contribution in [3.05, 3.63) is 90.2 Å². The van der Waals surface area contributed by atoms with E-state index in [1.807, 2.05) is 64.4 Å². The van der Waals surface area contributed by atoms with Crippen LogP contribution in [0.4, 0.5) is 10.1 Å². The SMILES string of the molecule is O=C(CN1CCN(C(=O)c2ccc(-c3ccccc3)cc2)CC1)Nc1ccc(F)cc1. The van der Waals surface area contributed by atoms with E-state index in [2.05, 4.69) is 5.32 Å². The van der Waals surface area contributed by atoms with E-state index in [4.69, 9.17) is 0 Å². The summed E-state index contributed by atoms with van der Waals surface area (Å²) in [5, 5.41) is 2.77. The van der Waals surface area contributed by atoms with Gasteiger partial charge in [-0.25, -0.2) is 4.39 Å². The number of nitrogens with one attached hydrogen (secondary N) is 1. The first-order valence-electron chi connectivity index (χ1n) is 10.3. The molecule has 0 aliphatic carbocycles. The molecule has 1 aliphatic rings. The normalized spacial score (nSPS) is 14.3. The zero-order chi connectivity index (χ0) is 21.6. The van der Waals surface area contributed by atoms with Crippen LogP contribution in [-0.2, 0) is 4.79 Å². The molecule has 1 heterocycles. The Morgan fingerprint density at radius 2 is 1.39 bits per heavy atom. The number of piperazine rings is 1. The van der Waals surface area contributed by atoms with E-state index in [0.717, 1.165) is 11.1 Å². The minimum Gasteiger partial charge on any atom is -0.336 e. The molecule has 0 spiro atoms. The van der Waals surface area contributed by atoms with Gasteiger partial charge in [0.05, 0.1) is 6.54 Å². The highest BCUT2D eigenvalue weighted by Gasteiger charge is 2.23. The van der Waals surface area contributed by atoms with Gasteiger partial charge in [-0.2, -0.15) is 0 Å². The van der Waals surface area contributed by atoms with Crippen molar-refractivity contribution in [2.24, 2.45) is 0 Å². The average molecular weight is 417 g/mol. The predicted octanol–water partition coefficient (Wildman–Crippen LogP) is 3.89. The van der Waals surface area contributed by atoms with Crippen molar-refractivity contribution in [1.82, 2.24) is 9.80 Å². The number of benzene rings is 3. The zero-order valence-corrected chi connectivity index (χ0v) is 17.1. The van der Waals surface area contributed by atoms with Crippen molar-refractivity contribution in [3.8, 4) is 11.1 Å². The molecule has 1 fully saturated rings. The van der Waals surface area contributed by atoms with Crippen LogP contribution in [-0.4, -0.2) is 54.3 Å². The average Bonchev–Trinajstić information content (AvgIpc) is 2.81. The topological polar surface area (TPSA) is 52.7 Å². The highest BCUT2D eigenvalue weighted by molar-refractivity contribution is 5.95. The molecule has 3 aromatic rings. The Balaban J connectivity index is 1.27. The van der Waals surface area contributed by atoms with Gasteiger partial charge in [0.1, 0.15) is 5.82 Å². The first kappa shape index (κ1) is 20.8. The molecule has 0 unspecified atom stereocenters. The lowest BCUT2D eigenvalue weighted by molar-refractivity contribution is -0.117. The number of hydrogen-bond donors (Lipinski definition) is 1. The third-order valence-corrected chi connectivity index (χ3v) is 5.39. The molecule has 0 bridgehead atoms. The number of hydrogen-bond acceptors (Lipinski definition) is 3. The van der Waals surface area contributed by atoms with Crippen LogP contribution in [0.1, 0.15) is 10.4 Å². The maximum atomic E-state index is 13.0. The first-order valence-corrected chi connectivity index (χ1v) is 10.3. The summed E-state index contributed by atoms with van der Waals surface area (Å²) in [5.74, 6) is -0.480. The molecule has 0 aromatic heterocycles. The van der Waals surface area contributed by atoms with E-state index in [9.17, 15) is 14.0 Å². The van der Waals surface area contributed by atoms with Crippen molar-refractivity contribution < 1.29 is 14.0 Å². The number of halogens is 1. The molecule has 3 aromatic carbocycles. The van der Waals surface area contributed by atoms with Crippen molar-refractivity contribution in [1.29, 1.82) is 0 Å². The summed E-state index contributed by atoms with van der Waals surface area (Å²) in [7, 11) is 0. The molecule has 1 saturated heterocycles. The van der Waals surface area contributed by atoms with Crippen molar-refractivity contribution in [2.75, 3.05) is 38.0 Å². The molecule has 0 atom stereocenters. The van der Waals surface area contributed by atoms with Gasteiger partial charge < -0.3 is 10.2 Å². The Morgan fingerprint density at radius 1 is 0.774 bits per heavy atom. The van der Waals surface area contributed by atoms with Gasteiger partial charge in [-0.3, -0.25) is 14.5 Å². The minimum atomic E-state index is -0.339. The van der Waals surface area contributed by atoms with Gasteiger partial charge in [0, 0.05) is 37.4 Å². The summed E-state index contributed by atoms with van der Waals surface area (Å²) in [4.78, 5) is 28.9. The summed E-state index contributed by atoms with van der Waals surface area (Å²) in [6.45, 7) is 2.65. The number of amides is 2. The van der Waals surface area contributed by atoms with E-state index < -0.39 is 0 Å². The molecule has 2 amide bonds. The second-order valence-corrected chi connectivity index (χ2v) is 7.57. The highest BCUT2D eigenvalue weighted by atomic mass is 19.1. The van der Waals surface area contributed by atoms with Crippen LogP contribution in [0.2, 0.25) is 0 Å². The number of rotatable bonds is 5. The van der Waals surface area contributed by atoms with Crippen LogP contribution >= 0.6 is 0 Å². The lowest BCUT2D eigenvalue weighted by Gasteiger charge is -2.34. The lowest BCUT2D eigenvalue weighted by Crippen LogP contribution is -2.50. The summed E-state index contributed by atoms with van der Waals surface area (Å²) in [6, 6.07) is 23.4. The lowest BCUT2D eigenvalue weighted by atomic mass is 10.0. The summed E-state index contributed by atoms with van der Waals surface area (Å²) < 4.78 is 13.0. The van der Waals surface area contributed by atoms with Crippen LogP contribution < -0.4 is 5.32 Å². The quantitative estimate of drug-likeness (QED) is 0.685. The molecular weight excluding hydrogens is 393 g/mol. The van der Waals surface area contributed by atoms with Crippen LogP contribution in [0.15, 0.2) is 78.9 Å². The summed E-state index contributed by atoms with van der Waals surface area (Å²) in [5.41, 5.74) is 3.43. The standard InChI is InChI=1S/C25H24FN3O2/c26-22-10-12-23(13-11-22)27-24(30)18-28-14-16-29(17-15-28)25(31)21-8-6-20(7-9-21)19-4-2-1-3-5-19/h1-13H,14-18H2,(H,27,30). The second kappa shape index (κ2) is 9.53. The smallest absolute Gasteiger partial charge is 0.253 e. The minimum absolute atomic E-state index is 0.00928. The number of carbonyl (C=O) groups excluding carboxylic acids is 2. The predicted molar refractivity (Wildman–Crippen MR) is 119 cm³/mol. The van der Waals surface area contributed by atoms with Crippen molar-refractivity contribution >= 4 is 17.5 Å². The number of carbonyl (C=O) groups is 2. The molecule has 6 heteroatoms. The molecule has 0 saturated carbocycles. The Bertz CT molecular complexity index is 1030. The van der Waals surface area contributed by atoms with Gasteiger partial charge in [-0.15, -0.1) is 0 Å². The van der Waals surface area contributed by atoms with Gasteiger partial charge >= 0.3 is 0 Å². The molecule has 31 heavy (non-hydrogen) atoms. The number of nitrogens with zero attached hydrogens (tertiary/aromatic N) is 2. The highest BCUT2D eigenvalue weighted by Crippen LogP contribution is 2.20. The van der Waals surface area contributed by atoms with Crippen molar-refractivity contribution in [2.45, 2.75) is 0 Å². The fourth-order valence-corrected chi connectivity index (χ4v) is 3.66. The fraction of sp³-hybridized carbons (Fsp3) is 0.200. The Kier molecular flexibility index (Phi) is 6.38. The molecule has 1 aliphatic heterocycles. The molecule has 158 valence electrons. The van der Waals surface area contributed by atoms with E-state index >= 15 is 0 Å². The Hall–Kier alpha value is -3.51. The van der Waals surface area contributed by atoms with Crippen LogP contribution in [0.3, 0.4) is 0 Å². The monoisotopic (exact) mass is 417 g/mol. The first-order chi connectivity index (χ1) is 15.1. The van der Waals surface area contributed by atoms with E-state index in [1.54, 1.807) is 0 Å². The maximum absolute atomic E-state index is 13.0. The molecule has 5 nitrogen and oxygen atoms in total. The van der Waals surface area contributed by atoms with Gasteiger partial charge in [-0.05, 0) is 47.5 Å². The van der Waals surface area contributed by atoms with E-state index in [1.165, 1.54) is 24.3 Å². The second-order valence-electron chi connectivity index (χ2n) is 7.57. The third-order valence-electron chi connectivity index (χ3n) is 5.39. The van der Waals surface area contributed by atoms with Gasteiger partial charge in [-0.1, -0.05) is 42.5 Å². The van der Waals surface area contributed by atoms with Gasteiger partial charge in [0.15, 0.2) is 0 Å². The maximum Gasteiger partial charge on any atom is 0.253 e. The summed E-state index contributed by atoms with van der Waals surface area (Å²) in [6.07, 6.45) is 0. The van der Waals surface area contributed by atoms with Crippen LogP contribution in [0.25, 0.3) is 11.1 Å². The van der Waals surface area contributed by atoms with E-state index in [-0.39, 0.29) is 24.2 Å². The van der Waals surface area contributed by atoms with Gasteiger partial charge in [0.25, 0.3) is 5.91 Å². The van der Waals surface area contributed by atoms with Crippen molar-refractivity contribution in [3.63, 3.8) is 0 Å². The molecule has 1 N–H and O–H groups in total. The van der Waals surface area contributed by atoms with E-state index in [0.29, 0.717) is 37.4 Å².